The lowest BCUT2D eigenvalue weighted by molar-refractivity contribution is 0.549. The molecular formula is C20H20N2OS. The molecule has 0 radical (unpaired) electrons. The van der Waals surface area contributed by atoms with Crippen LogP contribution in [0.2, 0.25) is 0 Å². The molecule has 1 heterocycles. The minimum Gasteiger partial charge on any atom is -0.280 e. The molecule has 0 fully saturated rings. The lowest BCUT2D eigenvalue weighted by Gasteiger charge is -2.20. The quantitative estimate of drug-likeness (QED) is 0.386. The molecule has 3 nitrogen and oxygen atoms in total. The van der Waals surface area contributed by atoms with Crippen molar-refractivity contribution in [2.75, 3.05) is 5.75 Å². The van der Waals surface area contributed by atoms with E-state index >= 15 is 0 Å². The summed E-state index contributed by atoms with van der Waals surface area (Å²) in [6.45, 7) is 7.97. The number of nitrogens with zero attached hydrogens (tertiary/aromatic N) is 2. The van der Waals surface area contributed by atoms with Gasteiger partial charge in [-0.2, -0.15) is 0 Å². The van der Waals surface area contributed by atoms with Crippen molar-refractivity contribution in [1.29, 1.82) is 0 Å². The molecule has 0 aliphatic rings. The van der Waals surface area contributed by atoms with Crippen LogP contribution in [-0.4, -0.2) is 15.3 Å². The highest BCUT2D eigenvalue weighted by atomic mass is 32.2. The van der Waals surface area contributed by atoms with Crippen LogP contribution in [0.25, 0.3) is 10.9 Å². The van der Waals surface area contributed by atoms with Crippen molar-refractivity contribution in [2.24, 2.45) is 0 Å². The summed E-state index contributed by atoms with van der Waals surface area (Å²) in [6, 6.07) is 17.5. The van der Waals surface area contributed by atoms with Gasteiger partial charge in [0.25, 0.3) is 5.56 Å². The molecule has 0 bridgehead atoms. The lowest BCUT2D eigenvalue weighted by atomic mass is 10.1. The molecule has 0 spiro atoms. The average Bonchev–Trinajstić information content (AvgIpc) is 2.60. The maximum Gasteiger partial charge on any atom is 0.262 e. The van der Waals surface area contributed by atoms with Crippen LogP contribution in [0.3, 0.4) is 0 Å². The van der Waals surface area contributed by atoms with E-state index in [1.165, 1.54) is 0 Å². The minimum atomic E-state index is -0.0802. The van der Waals surface area contributed by atoms with E-state index in [0.29, 0.717) is 5.39 Å². The van der Waals surface area contributed by atoms with Gasteiger partial charge in [0, 0.05) is 5.75 Å². The maximum atomic E-state index is 13.1. The summed E-state index contributed by atoms with van der Waals surface area (Å²) in [4.78, 5) is 17.8. The van der Waals surface area contributed by atoms with Gasteiger partial charge in [0.1, 0.15) is 0 Å². The minimum absolute atomic E-state index is 0.00108. The monoisotopic (exact) mass is 336 g/mol. The van der Waals surface area contributed by atoms with Gasteiger partial charge in [-0.25, -0.2) is 4.98 Å². The van der Waals surface area contributed by atoms with E-state index in [-0.39, 0.29) is 11.6 Å². The van der Waals surface area contributed by atoms with Gasteiger partial charge < -0.3 is 0 Å². The van der Waals surface area contributed by atoms with Gasteiger partial charge in [0.05, 0.1) is 16.9 Å². The first-order chi connectivity index (χ1) is 11.6. The Balaban J connectivity index is 2.19. The second-order valence-corrected chi connectivity index (χ2v) is 6.86. The molecular weight excluding hydrogens is 316 g/mol. The number of fused-ring (bicyclic) bond motifs is 1. The standard InChI is InChI=1S/C20H20N2OS/c1-14(2)13-24-20-21-18-12-8-7-11-17(18)19(23)22(20)15(3)16-9-5-4-6-10-16/h4-12,15H,1,13H2,2-3H3/t15-/m1/s1. The second kappa shape index (κ2) is 7.05. The second-order valence-electron chi connectivity index (χ2n) is 5.92. The van der Waals surface area contributed by atoms with E-state index in [9.17, 15) is 4.79 Å². The van der Waals surface area contributed by atoms with Gasteiger partial charge in [-0.05, 0) is 31.5 Å². The fourth-order valence-electron chi connectivity index (χ4n) is 2.64. The number of rotatable bonds is 5. The predicted octanol–water partition coefficient (Wildman–Crippen LogP) is 4.67. The number of para-hydroxylation sites is 1. The summed E-state index contributed by atoms with van der Waals surface area (Å²) >= 11 is 1.56. The zero-order valence-corrected chi connectivity index (χ0v) is 14.7. The van der Waals surface area contributed by atoms with E-state index in [1.54, 1.807) is 16.3 Å². The molecule has 0 amide bonds. The Morgan fingerprint density at radius 3 is 2.54 bits per heavy atom. The van der Waals surface area contributed by atoms with Crippen LogP contribution < -0.4 is 5.56 Å². The molecule has 3 aromatic rings. The van der Waals surface area contributed by atoms with E-state index in [2.05, 4.69) is 6.58 Å². The largest absolute Gasteiger partial charge is 0.280 e. The van der Waals surface area contributed by atoms with Gasteiger partial charge >= 0.3 is 0 Å². The van der Waals surface area contributed by atoms with Crippen LogP contribution in [0.15, 0.2) is 76.7 Å². The SMILES string of the molecule is C=C(C)CSc1nc2ccccc2c(=O)n1[C@H](C)c1ccccc1. The highest BCUT2D eigenvalue weighted by Gasteiger charge is 2.17. The van der Waals surface area contributed by atoms with Crippen molar-refractivity contribution in [3.63, 3.8) is 0 Å². The first kappa shape index (κ1) is 16.5. The predicted molar refractivity (Wildman–Crippen MR) is 102 cm³/mol. The van der Waals surface area contributed by atoms with Gasteiger partial charge in [-0.3, -0.25) is 9.36 Å². The summed E-state index contributed by atoms with van der Waals surface area (Å²) in [5.74, 6) is 0.742. The Morgan fingerprint density at radius 1 is 1.17 bits per heavy atom. The summed E-state index contributed by atoms with van der Waals surface area (Å²) in [5.41, 5.74) is 2.89. The molecule has 1 aromatic heterocycles. The fourth-order valence-corrected chi connectivity index (χ4v) is 3.56. The van der Waals surface area contributed by atoms with Crippen LogP contribution in [-0.2, 0) is 0 Å². The zero-order valence-electron chi connectivity index (χ0n) is 13.9. The van der Waals surface area contributed by atoms with Crippen molar-refractivity contribution < 1.29 is 0 Å². The molecule has 122 valence electrons. The Labute approximate surface area is 146 Å². The number of hydrogen-bond donors (Lipinski definition) is 0. The van der Waals surface area contributed by atoms with Gasteiger partial charge in [0.2, 0.25) is 0 Å². The molecule has 0 aliphatic heterocycles. The van der Waals surface area contributed by atoms with Crippen molar-refractivity contribution in [3.05, 3.63) is 82.7 Å². The van der Waals surface area contributed by atoms with Crippen LogP contribution in [0.4, 0.5) is 0 Å². The van der Waals surface area contributed by atoms with Crippen LogP contribution in [0, 0.1) is 0 Å². The van der Waals surface area contributed by atoms with E-state index in [4.69, 9.17) is 4.98 Å². The van der Waals surface area contributed by atoms with Crippen LogP contribution in [0.1, 0.15) is 25.5 Å². The number of hydrogen-bond acceptors (Lipinski definition) is 3. The van der Waals surface area contributed by atoms with Gasteiger partial charge in [0.15, 0.2) is 5.16 Å². The van der Waals surface area contributed by atoms with E-state index in [1.807, 2.05) is 68.4 Å². The Hall–Kier alpha value is -2.33. The summed E-state index contributed by atoms with van der Waals surface area (Å²) in [5, 5.41) is 1.39. The first-order valence-corrected chi connectivity index (χ1v) is 8.90. The molecule has 3 rings (SSSR count). The van der Waals surface area contributed by atoms with Crippen LogP contribution in [0.5, 0.6) is 0 Å². The molecule has 0 unspecified atom stereocenters. The maximum absolute atomic E-state index is 13.1. The third-order valence-electron chi connectivity index (χ3n) is 3.89. The first-order valence-electron chi connectivity index (χ1n) is 7.91. The molecule has 4 heteroatoms. The summed E-state index contributed by atoms with van der Waals surface area (Å²) in [7, 11) is 0. The molecule has 2 aromatic carbocycles. The van der Waals surface area contributed by atoms with Crippen molar-refractivity contribution in [3.8, 4) is 0 Å². The van der Waals surface area contributed by atoms with Gasteiger partial charge in [-0.15, -0.1) is 0 Å². The van der Waals surface area contributed by atoms with Crippen molar-refractivity contribution >= 4 is 22.7 Å². The van der Waals surface area contributed by atoms with Gasteiger partial charge in [-0.1, -0.05) is 66.4 Å². The number of thioether (sulfide) groups is 1. The zero-order chi connectivity index (χ0) is 17.1. The third-order valence-corrected chi connectivity index (χ3v) is 5.08. The number of aromatic nitrogens is 2. The van der Waals surface area contributed by atoms with Crippen molar-refractivity contribution in [1.82, 2.24) is 9.55 Å². The Kier molecular flexibility index (Phi) is 4.86. The average molecular weight is 336 g/mol. The smallest absolute Gasteiger partial charge is 0.262 e. The van der Waals surface area contributed by atoms with Crippen LogP contribution >= 0.6 is 11.8 Å². The molecule has 0 saturated heterocycles. The van der Waals surface area contributed by atoms with Crippen molar-refractivity contribution in [2.45, 2.75) is 25.0 Å². The fraction of sp³-hybridized carbons (Fsp3) is 0.200. The Morgan fingerprint density at radius 2 is 1.83 bits per heavy atom. The molecule has 24 heavy (non-hydrogen) atoms. The third kappa shape index (κ3) is 3.29. The highest BCUT2D eigenvalue weighted by Crippen LogP contribution is 2.25. The topological polar surface area (TPSA) is 34.9 Å². The van der Waals surface area contributed by atoms with E-state index < -0.39 is 0 Å². The Bertz CT molecular complexity index is 931. The molecule has 0 aliphatic carbocycles. The molecule has 1 atom stereocenters. The summed E-state index contributed by atoms with van der Waals surface area (Å²) < 4.78 is 1.80. The summed E-state index contributed by atoms with van der Waals surface area (Å²) in [6.07, 6.45) is 0. The molecule has 0 saturated carbocycles. The molecule has 0 N–H and O–H groups in total. The normalized spacial score (nSPS) is 12.2. The number of benzene rings is 2. The van der Waals surface area contributed by atoms with E-state index in [0.717, 1.165) is 27.6 Å². The lowest BCUT2D eigenvalue weighted by Crippen LogP contribution is -2.27. The highest BCUT2D eigenvalue weighted by molar-refractivity contribution is 7.99.